The molecular formula is C24H17N5S2. The van der Waals surface area contributed by atoms with Gasteiger partial charge in [-0.15, -0.1) is 11.3 Å². The van der Waals surface area contributed by atoms with Crippen LogP contribution in [-0.4, -0.2) is 19.5 Å². The Morgan fingerprint density at radius 1 is 0.903 bits per heavy atom. The third-order valence-electron chi connectivity index (χ3n) is 5.21. The molecule has 4 heterocycles. The Labute approximate surface area is 186 Å². The topological polar surface area (TPSA) is 55.6 Å². The minimum Gasteiger partial charge on any atom is -0.364 e. The molecule has 7 heteroatoms. The van der Waals surface area contributed by atoms with Crippen molar-refractivity contribution < 1.29 is 0 Å². The van der Waals surface area contributed by atoms with Crippen molar-refractivity contribution in [3.63, 3.8) is 0 Å². The average Bonchev–Trinajstić information content (AvgIpc) is 3.57. The molecule has 2 aromatic carbocycles. The molecule has 6 aromatic rings. The summed E-state index contributed by atoms with van der Waals surface area (Å²) in [5, 5.41) is 11.0. The zero-order valence-corrected chi connectivity index (χ0v) is 18.0. The van der Waals surface area contributed by atoms with Crippen LogP contribution in [0.25, 0.3) is 38.3 Å². The predicted molar refractivity (Wildman–Crippen MR) is 129 cm³/mol. The first-order valence-corrected chi connectivity index (χ1v) is 11.7. The second-order valence-electron chi connectivity index (χ2n) is 7.15. The monoisotopic (exact) mass is 439 g/mol. The van der Waals surface area contributed by atoms with E-state index in [4.69, 9.17) is 9.97 Å². The summed E-state index contributed by atoms with van der Waals surface area (Å²) in [5.74, 6) is 1.45. The van der Waals surface area contributed by atoms with Crippen molar-refractivity contribution in [2.75, 3.05) is 5.32 Å². The Kier molecular flexibility index (Phi) is 4.48. The highest BCUT2D eigenvalue weighted by Crippen LogP contribution is 2.34. The molecule has 0 aliphatic carbocycles. The summed E-state index contributed by atoms with van der Waals surface area (Å²) < 4.78 is 3.26. The molecule has 5 nitrogen and oxygen atoms in total. The summed E-state index contributed by atoms with van der Waals surface area (Å²) in [5.41, 5.74) is 4.86. The number of hydrogen-bond acceptors (Lipinski definition) is 6. The molecule has 4 aromatic heterocycles. The molecule has 1 N–H and O–H groups in total. The van der Waals surface area contributed by atoms with Crippen molar-refractivity contribution in [3.05, 3.63) is 88.7 Å². The third-order valence-corrected chi connectivity index (χ3v) is 6.84. The molecular weight excluding hydrogens is 422 g/mol. The second kappa shape index (κ2) is 7.61. The van der Waals surface area contributed by atoms with Gasteiger partial charge < -0.3 is 5.32 Å². The lowest BCUT2D eigenvalue weighted by Crippen LogP contribution is -2.05. The first kappa shape index (κ1) is 18.2. The van der Waals surface area contributed by atoms with E-state index >= 15 is 0 Å². The van der Waals surface area contributed by atoms with Gasteiger partial charge in [0.15, 0.2) is 22.8 Å². The lowest BCUT2D eigenvalue weighted by atomic mass is 10.1. The molecule has 0 aliphatic heterocycles. The maximum atomic E-state index is 4.96. The number of anilines is 1. The van der Waals surface area contributed by atoms with Gasteiger partial charge >= 0.3 is 0 Å². The highest BCUT2D eigenvalue weighted by Gasteiger charge is 2.17. The molecule has 0 spiro atoms. The molecule has 31 heavy (non-hydrogen) atoms. The van der Waals surface area contributed by atoms with Crippen LogP contribution in [0.5, 0.6) is 0 Å². The minimum absolute atomic E-state index is 0.669. The third kappa shape index (κ3) is 3.28. The van der Waals surface area contributed by atoms with E-state index in [1.54, 1.807) is 22.7 Å². The van der Waals surface area contributed by atoms with E-state index in [0.717, 1.165) is 28.2 Å². The van der Waals surface area contributed by atoms with Gasteiger partial charge in [0.05, 0.1) is 5.69 Å². The van der Waals surface area contributed by atoms with Crippen molar-refractivity contribution >= 4 is 49.7 Å². The van der Waals surface area contributed by atoms with E-state index in [2.05, 4.69) is 68.9 Å². The van der Waals surface area contributed by atoms with Crippen LogP contribution >= 0.6 is 22.7 Å². The molecule has 0 bridgehead atoms. The molecule has 0 saturated heterocycles. The summed E-state index contributed by atoms with van der Waals surface area (Å²) in [4.78, 5) is 14.5. The van der Waals surface area contributed by atoms with Crippen LogP contribution in [0.1, 0.15) is 5.56 Å². The average molecular weight is 440 g/mol. The van der Waals surface area contributed by atoms with Gasteiger partial charge in [-0.3, -0.25) is 4.57 Å². The van der Waals surface area contributed by atoms with E-state index in [9.17, 15) is 0 Å². The van der Waals surface area contributed by atoms with E-state index in [0.29, 0.717) is 12.4 Å². The Morgan fingerprint density at radius 2 is 1.77 bits per heavy atom. The zero-order valence-electron chi connectivity index (χ0n) is 16.4. The normalized spacial score (nSPS) is 11.4. The van der Waals surface area contributed by atoms with Crippen LogP contribution in [0, 0.1) is 0 Å². The molecule has 150 valence electrons. The fraction of sp³-hybridized carbons (Fsp3) is 0.0417. The lowest BCUT2D eigenvalue weighted by molar-refractivity contribution is 1.06. The molecule has 0 atom stereocenters. The van der Waals surface area contributed by atoms with Gasteiger partial charge in [0, 0.05) is 33.0 Å². The Bertz CT molecular complexity index is 1480. The number of hydrogen-bond donors (Lipinski definition) is 1. The summed E-state index contributed by atoms with van der Waals surface area (Å²) in [6, 6.07) is 20.8. The number of rotatable bonds is 5. The number of nitrogens with zero attached hydrogens (tertiary/aromatic N) is 4. The van der Waals surface area contributed by atoms with E-state index < -0.39 is 0 Å². The van der Waals surface area contributed by atoms with Crippen LogP contribution in [0.4, 0.5) is 5.82 Å². The summed E-state index contributed by atoms with van der Waals surface area (Å²) >= 11 is 3.37. The van der Waals surface area contributed by atoms with Gasteiger partial charge in [-0.25, -0.2) is 15.0 Å². The van der Waals surface area contributed by atoms with Crippen molar-refractivity contribution in [1.29, 1.82) is 0 Å². The highest BCUT2D eigenvalue weighted by atomic mass is 32.1. The smallest absolute Gasteiger partial charge is 0.170 e. The zero-order chi connectivity index (χ0) is 20.6. The molecule has 0 aliphatic rings. The number of imidazole rings is 1. The quantitative estimate of drug-likeness (QED) is 0.339. The van der Waals surface area contributed by atoms with Gasteiger partial charge in [-0.05, 0) is 23.1 Å². The minimum atomic E-state index is 0.669. The standard InChI is InChI=1S/C24H17N5S2/c1-2-6-16(7-3-1)12-25-23-21-24(29(15-26-21)17-10-11-30-13-17)28-22(27-23)19-14-31-20-9-5-4-8-18(19)20/h1-11,13-15H,12H2,(H,25,27,28). The van der Waals surface area contributed by atoms with Gasteiger partial charge in [0.2, 0.25) is 0 Å². The number of benzene rings is 2. The van der Waals surface area contributed by atoms with Crippen molar-refractivity contribution in [2.45, 2.75) is 6.54 Å². The molecule has 0 unspecified atom stereocenters. The Hall–Kier alpha value is -3.55. The second-order valence-corrected chi connectivity index (χ2v) is 8.84. The van der Waals surface area contributed by atoms with Crippen molar-refractivity contribution in [3.8, 4) is 17.1 Å². The van der Waals surface area contributed by atoms with Gasteiger partial charge in [0.25, 0.3) is 0 Å². The Balaban J connectivity index is 1.52. The van der Waals surface area contributed by atoms with Crippen molar-refractivity contribution in [2.24, 2.45) is 0 Å². The van der Waals surface area contributed by atoms with Gasteiger partial charge in [-0.1, -0.05) is 48.5 Å². The molecule has 6 rings (SSSR count). The fourth-order valence-electron chi connectivity index (χ4n) is 3.66. The summed E-state index contributed by atoms with van der Waals surface area (Å²) in [7, 11) is 0. The summed E-state index contributed by atoms with van der Waals surface area (Å²) in [6.45, 7) is 0.669. The highest BCUT2D eigenvalue weighted by molar-refractivity contribution is 7.17. The molecule has 0 amide bonds. The molecule has 0 fully saturated rings. The van der Waals surface area contributed by atoms with Crippen LogP contribution < -0.4 is 5.32 Å². The molecule has 0 saturated carbocycles. The van der Waals surface area contributed by atoms with E-state index in [1.165, 1.54) is 15.6 Å². The van der Waals surface area contributed by atoms with E-state index in [-0.39, 0.29) is 0 Å². The van der Waals surface area contributed by atoms with Crippen LogP contribution in [-0.2, 0) is 6.54 Å². The number of fused-ring (bicyclic) bond motifs is 2. The number of nitrogens with one attached hydrogen (secondary N) is 1. The van der Waals surface area contributed by atoms with Crippen molar-refractivity contribution in [1.82, 2.24) is 19.5 Å². The predicted octanol–water partition coefficient (Wildman–Crippen LogP) is 6.37. The first-order chi connectivity index (χ1) is 15.4. The SMILES string of the molecule is c1ccc(CNc2nc(-c3csc4ccccc34)nc3c2ncn3-c2ccsc2)cc1. The van der Waals surface area contributed by atoms with Crippen LogP contribution in [0.3, 0.4) is 0 Å². The van der Waals surface area contributed by atoms with E-state index in [1.807, 2.05) is 29.1 Å². The summed E-state index contributed by atoms with van der Waals surface area (Å²) in [6.07, 6.45) is 1.82. The molecule has 0 radical (unpaired) electrons. The number of aromatic nitrogens is 4. The van der Waals surface area contributed by atoms with Gasteiger partial charge in [-0.2, -0.15) is 11.3 Å². The lowest BCUT2D eigenvalue weighted by Gasteiger charge is -2.09. The Morgan fingerprint density at radius 3 is 2.65 bits per heavy atom. The number of thiophene rings is 2. The maximum Gasteiger partial charge on any atom is 0.170 e. The maximum absolute atomic E-state index is 4.96. The van der Waals surface area contributed by atoms with Gasteiger partial charge in [0.1, 0.15) is 6.33 Å². The van der Waals surface area contributed by atoms with Crippen LogP contribution in [0.15, 0.2) is 83.1 Å². The first-order valence-electron chi connectivity index (χ1n) is 9.89. The fourth-order valence-corrected chi connectivity index (χ4v) is 5.23. The van der Waals surface area contributed by atoms with Crippen LogP contribution in [0.2, 0.25) is 0 Å². The largest absolute Gasteiger partial charge is 0.364 e.